The molecule has 0 unspecified atom stereocenters. The third-order valence-electron chi connectivity index (χ3n) is 4.83. The second-order valence-electron chi connectivity index (χ2n) is 6.87. The topological polar surface area (TPSA) is 81.4 Å². The zero-order chi connectivity index (χ0) is 18.8. The number of rotatable bonds is 11. The molecule has 0 heterocycles. The van der Waals surface area contributed by atoms with Gasteiger partial charge in [-0.2, -0.15) is 0 Å². The van der Waals surface area contributed by atoms with Gasteiger partial charge in [0, 0.05) is 5.92 Å². The van der Waals surface area contributed by atoms with Gasteiger partial charge in [-0.1, -0.05) is 37.8 Å². The highest BCUT2D eigenvalue weighted by molar-refractivity contribution is 5.90. The number of nitrogens with one attached hydrogen (secondary N) is 1. The molecule has 5 nitrogen and oxygen atoms in total. The fraction of sp³-hybridized carbons (Fsp3) is 0.600. The van der Waals surface area contributed by atoms with Crippen LogP contribution in [0.2, 0.25) is 0 Å². The van der Waals surface area contributed by atoms with E-state index in [9.17, 15) is 14.0 Å². The zero-order valence-electron chi connectivity index (χ0n) is 15.2. The molecule has 1 aromatic rings. The molecule has 1 atom stereocenters. The van der Waals surface area contributed by atoms with Crippen LogP contribution in [0, 0.1) is 11.7 Å². The minimum Gasteiger partial charge on any atom is -0.483 e. The molecule has 0 aliphatic heterocycles. The Morgan fingerprint density at radius 1 is 1.19 bits per heavy atom. The van der Waals surface area contributed by atoms with Gasteiger partial charge in [-0.05, 0) is 44.4 Å². The second kappa shape index (κ2) is 10.9. The smallest absolute Gasteiger partial charge is 0.223 e. The molecule has 3 N–H and O–H groups in total. The lowest BCUT2D eigenvalue weighted by atomic mass is 10.0. The lowest BCUT2D eigenvalue weighted by molar-refractivity contribution is -0.131. The number of amides is 1. The summed E-state index contributed by atoms with van der Waals surface area (Å²) in [6.07, 6.45) is 7.04. The van der Waals surface area contributed by atoms with Gasteiger partial charge >= 0.3 is 0 Å². The molecule has 0 aromatic heterocycles. The second-order valence-corrected chi connectivity index (χ2v) is 6.87. The first kappa shape index (κ1) is 20.4. The summed E-state index contributed by atoms with van der Waals surface area (Å²) in [6.45, 7) is 0.358. The Hall–Kier alpha value is -1.95. The molecule has 2 rings (SSSR count). The van der Waals surface area contributed by atoms with Crippen LogP contribution in [0.25, 0.3) is 0 Å². The summed E-state index contributed by atoms with van der Waals surface area (Å²) in [5, 5.41) is 2.89. The van der Waals surface area contributed by atoms with Gasteiger partial charge in [-0.25, -0.2) is 4.39 Å². The molecule has 1 saturated carbocycles. The summed E-state index contributed by atoms with van der Waals surface area (Å²) in [4.78, 5) is 24.9. The van der Waals surface area contributed by atoms with Gasteiger partial charge in [0.25, 0.3) is 0 Å². The first-order valence-electron chi connectivity index (χ1n) is 9.52. The van der Waals surface area contributed by atoms with Crippen LogP contribution in [0.3, 0.4) is 0 Å². The molecular formula is C20H29FN2O3. The fourth-order valence-electron chi connectivity index (χ4n) is 3.27. The van der Waals surface area contributed by atoms with Gasteiger partial charge in [0.1, 0.15) is 6.61 Å². The van der Waals surface area contributed by atoms with Crippen LogP contribution < -0.4 is 15.8 Å². The minimum absolute atomic E-state index is 0.00169. The number of hydrogen-bond acceptors (Lipinski definition) is 4. The molecule has 144 valence electrons. The van der Waals surface area contributed by atoms with E-state index < -0.39 is 11.9 Å². The van der Waals surface area contributed by atoms with Gasteiger partial charge in [-0.15, -0.1) is 0 Å². The Morgan fingerprint density at radius 2 is 1.92 bits per heavy atom. The van der Waals surface area contributed by atoms with Crippen molar-refractivity contribution in [1.82, 2.24) is 5.32 Å². The molecule has 26 heavy (non-hydrogen) atoms. The van der Waals surface area contributed by atoms with Crippen molar-refractivity contribution in [2.24, 2.45) is 11.7 Å². The van der Waals surface area contributed by atoms with E-state index in [1.165, 1.54) is 12.1 Å². The summed E-state index contributed by atoms with van der Waals surface area (Å²) in [6, 6.07) is 5.39. The molecule has 0 saturated heterocycles. The summed E-state index contributed by atoms with van der Waals surface area (Å²) < 4.78 is 18.9. The van der Waals surface area contributed by atoms with E-state index in [0.29, 0.717) is 13.0 Å². The van der Waals surface area contributed by atoms with Gasteiger partial charge in [0.05, 0.1) is 6.04 Å². The summed E-state index contributed by atoms with van der Waals surface area (Å²) in [5.74, 6) is -0.737. The number of benzene rings is 1. The maximum atomic E-state index is 13.6. The maximum Gasteiger partial charge on any atom is 0.223 e. The molecule has 0 radical (unpaired) electrons. The average molecular weight is 364 g/mol. The third-order valence-corrected chi connectivity index (χ3v) is 4.83. The van der Waals surface area contributed by atoms with Gasteiger partial charge in [0.2, 0.25) is 5.91 Å². The van der Waals surface area contributed by atoms with E-state index in [2.05, 4.69) is 5.32 Å². The van der Waals surface area contributed by atoms with Crippen molar-refractivity contribution >= 4 is 11.7 Å². The van der Waals surface area contributed by atoms with E-state index in [4.69, 9.17) is 10.5 Å². The Kier molecular flexibility index (Phi) is 8.54. The van der Waals surface area contributed by atoms with Crippen LogP contribution in [0.15, 0.2) is 24.3 Å². The number of ketones is 1. The molecule has 1 fully saturated rings. The highest BCUT2D eigenvalue weighted by Gasteiger charge is 2.27. The van der Waals surface area contributed by atoms with Crippen molar-refractivity contribution < 1.29 is 18.7 Å². The normalized spacial score (nSPS) is 15.6. The Labute approximate surface area is 154 Å². The van der Waals surface area contributed by atoms with Crippen molar-refractivity contribution in [3.63, 3.8) is 0 Å². The molecule has 6 heteroatoms. The lowest BCUT2D eigenvalue weighted by Gasteiger charge is -2.20. The SMILES string of the molecule is NCCCCC[C@H](NC(=O)C1CCCC1)C(=O)COc1ccccc1F. The first-order chi connectivity index (χ1) is 12.6. The number of carbonyl (C=O) groups excluding carboxylic acids is 2. The Morgan fingerprint density at radius 3 is 2.62 bits per heavy atom. The van der Waals surface area contributed by atoms with Gasteiger partial charge in [0.15, 0.2) is 17.3 Å². The van der Waals surface area contributed by atoms with E-state index in [-0.39, 0.29) is 30.0 Å². The number of Topliss-reactive ketones (excluding diaryl/α,β-unsaturated/α-hetero) is 1. The summed E-state index contributed by atoms with van der Waals surface area (Å²) in [7, 11) is 0. The van der Waals surface area contributed by atoms with E-state index in [0.717, 1.165) is 44.9 Å². The molecule has 0 bridgehead atoms. The number of hydrogen-bond donors (Lipinski definition) is 2. The van der Waals surface area contributed by atoms with Crippen LogP contribution in [0.4, 0.5) is 4.39 Å². The molecular weight excluding hydrogens is 335 g/mol. The lowest BCUT2D eigenvalue weighted by Crippen LogP contribution is -2.45. The number of carbonyl (C=O) groups is 2. The number of nitrogens with two attached hydrogens (primary N) is 1. The number of halogens is 1. The Balaban J connectivity index is 1.90. The largest absolute Gasteiger partial charge is 0.483 e. The highest BCUT2D eigenvalue weighted by atomic mass is 19.1. The number of ether oxygens (including phenoxy) is 1. The summed E-state index contributed by atoms with van der Waals surface area (Å²) >= 11 is 0. The predicted octanol–water partition coefficient (Wildman–Crippen LogP) is 2.97. The van der Waals surface area contributed by atoms with Crippen LogP contribution in [0.5, 0.6) is 5.75 Å². The summed E-state index contributed by atoms with van der Waals surface area (Å²) in [5.41, 5.74) is 5.50. The van der Waals surface area contributed by atoms with E-state index in [1.807, 2.05) is 0 Å². The van der Waals surface area contributed by atoms with Crippen molar-refractivity contribution in [3.8, 4) is 5.75 Å². The van der Waals surface area contributed by atoms with Crippen molar-refractivity contribution in [2.75, 3.05) is 13.2 Å². The van der Waals surface area contributed by atoms with E-state index >= 15 is 0 Å². The van der Waals surface area contributed by atoms with Crippen molar-refractivity contribution in [3.05, 3.63) is 30.1 Å². The Bertz CT molecular complexity index is 588. The van der Waals surface area contributed by atoms with Crippen molar-refractivity contribution in [1.29, 1.82) is 0 Å². The number of unbranched alkanes of at least 4 members (excludes halogenated alkanes) is 2. The monoisotopic (exact) mass is 364 g/mol. The molecule has 1 aliphatic rings. The quantitative estimate of drug-likeness (QED) is 0.592. The van der Waals surface area contributed by atoms with Gasteiger partial charge < -0.3 is 15.8 Å². The van der Waals surface area contributed by atoms with Gasteiger partial charge in [-0.3, -0.25) is 9.59 Å². The average Bonchev–Trinajstić information content (AvgIpc) is 3.18. The van der Waals surface area contributed by atoms with Crippen LogP contribution in [0.1, 0.15) is 51.4 Å². The first-order valence-corrected chi connectivity index (χ1v) is 9.52. The molecule has 1 amide bonds. The minimum atomic E-state index is -0.590. The highest BCUT2D eigenvalue weighted by Crippen LogP contribution is 2.25. The van der Waals surface area contributed by atoms with Crippen molar-refractivity contribution in [2.45, 2.75) is 57.4 Å². The number of para-hydroxylation sites is 1. The van der Waals surface area contributed by atoms with Crippen LogP contribution in [-0.4, -0.2) is 30.9 Å². The zero-order valence-corrected chi connectivity index (χ0v) is 15.2. The molecule has 1 aromatic carbocycles. The molecule has 0 spiro atoms. The molecule has 1 aliphatic carbocycles. The predicted molar refractivity (Wildman–Crippen MR) is 98.3 cm³/mol. The van der Waals surface area contributed by atoms with Crippen LogP contribution in [-0.2, 0) is 9.59 Å². The fourth-order valence-corrected chi connectivity index (χ4v) is 3.27. The third kappa shape index (κ3) is 6.41. The van der Waals surface area contributed by atoms with E-state index in [1.54, 1.807) is 12.1 Å². The standard InChI is InChI=1S/C20H29FN2O3/c21-16-10-5-6-12-19(16)26-14-18(24)17(11-2-1-7-13-22)23-20(25)15-8-3-4-9-15/h5-6,10,12,15,17H,1-4,7-9,11,13-14,22H2,(H,23,25)/t17-/m0/s1. The maximum absolute atomic E-state index is 13.6. The van der Waals surface area contributed by atoms with Crippen LogP contribution >= 0.6 is 0 Å².